The second-order valence-corrected chi connectivity index (χ2v) is 15.9. The molecule has 1 fully saturated rings. The zero-order valence-corrected chi connectivity index (χ0v) is 25.1. The Morgan fingerprint density at radius 3 is 2.81 bits per heavy atom. The SMILES string of the molecule is COc1cc2c(Nc3cnn(CC(=O)Nc4cccc(F)c4F)c3)ncnc2cc1OCCC[As](CCO)C1CCC1. The number of nitrogens with one attached hydrogen (secondary N) is 2. The zero-order chi connectivity index (χ0) is 29.5. The Morgan fingerprint density at radius 2 is 2.05 bits per heavy atom. The van der Waals surface area contributed by atoms with E-state index in [0.29, 0.717) is 47.1 Å². The van der Waals surface area contributed by atoms with Gasteiger partial charge in [0.1, 0.15) is 6.54 Å². The van der Waals surface area contributed by atoms with Gasteiger partial charge in [-0.05, 0) is 12.1 Å². The van der Waals surface area contributed by atoms with Crippen molar-refractivity contribution in [3.63, 3.8) is 0 Å². The number of amides is 1. The Kier molecular flexibility index (Phi) is 9.86. The van der Waals surface area contributed by atoms with Crippen LogP contribution in [0.3, 0.4) is 0 Å². The van der Waals surface area contributed by atoms with E-state index in [2.05, 4.69) is 25.7 Å². The molecule has 0 saturated heterocycles. The molecule has 1 aliphatic carbocycles. The Hall–Kier alpha value is -3.76. The fraction of sp³-hybridized carbons (Fsp3) is 0.379. The molecule has 13 heteroatoms. The number of aliphatic hydroxyl groups excluding tert-OH is 1. The van der Waals surface area contributed by atoms with E-state index in [-0.39, 0.29) is 12.2 Å². The molecular weight excluding hydrogens is 609 g/mol. The van der Waals surface area contributed by atoms with E-state index in [0.717, 1.165) is 22.4 Å². The molecule has 0 radical (unpaired) electrons. The number of ether oxygens (including phenoxy) is 2. The summed E-state index contributed by atoms with van der Waals surface area (Å²) >= 11 is -1.02. The third-order valence-corrected chi connectivity index (χ3v) is 13.9. The summed E-state index contributed by atoms with van der Waals surface area (Å²) in [5, 5.41) is 22.0. The average Bonchev–Trinajstić information content (AvgIpc) is 3.38. The number of rotatable bonds is 14. The quantitative estimate of drug-likeness (QED) is 0.125. The molecule has 1 aliphatic rings. The number of benzene rings is 2. The molecular formula is C29H33AsF2N6O4. The number of nitrogens with zero attached hydrogens (tertiary/aromatic N) is 4. The average molecular weight is 643 g/mol. The van der Waals surface area contributed by atoms with Crippen LogP contribution in [0.2, 0.25) is 15.1 Å². The fourth-order valence-electron chi connectivity index (χ4n) is 4.83. The van der Waals surface area contributed by atoms with Gasteiger partial charge in [0.25, 0.3) is 0 Å². The Morgan fingerprint density at radius 1 is 1.19 bits per heavy atom. The van der Waals surface area contributed by atoms with Crippen LogP contribution in [-0.2, 0) is 11.3 Å². The normalized spacial score (nSPS) is 13.9. The number of anilines is 3. The molecule has 42 heavy (non-hydrogen) atoms. The first-order valence-corrected chi connectivity index (χ1v) is 17.5. The van der Waals surface area contributed by atoms with Gasteiger partial charge in [-0.15, -0.1) is 0 Å². The molecule has 2 aromatic heterocycles. The summed E-state index contributed by atoms with van der Waals surface area (Å²) in [5.74, 6) is -1.05. The van der Waals surface area contributed by atoms with E-state index in [9.17, 15) is 18.7 Å². The number of methoxy groups -OCH3 is 1. The summed E-state index contributed by atoms with van der Waals surface area (Å²) in [6, 6.07) is 7.22. The number of aromatic nitrogens is 4. The third kappa shape index (κ3) is 7.17. The van der Waals surface area contributed by atoms with Gasteiger partial charge in [0.2, 0.25) is 5.91 Å². The molecule has 222 valence electrons. The molecule has 5 rings (SSSR count). The number of aliphatic hydroxyl groups is 1. The van der Waals surface area contributed by atoms with E-state index in [1.165, 1.54) is 53.8 Å². The van der Waals surface area contributed by atoms with E-state index < -0.39 is 32.2 Å². The maximum atomic E-state index is 13.9. The van der Waals surface area contributed by atoms with Crippen molar-refractivity contribution in [1.82, 2.24) is 19.7 Å². The van der Waals surface area contributed by atoms with Crippen LogP contribution in [-0.4, -0.2) is 65.7 Å². The third-order valence-electron chi connectivity index (χ3n) is 7.17. The minimum atomic E-state index is -1.12. The molecule has 0 bridgehead atoms. The van der Waals surface area contributed by atoms with Crippen molar-refractivity contribution < 1.29 is 28.2 Å². The predicted octanol–water partition coefficient (Wildman–Crippen LogP) is 5.31. The van der Waals surface area contributed by atoms with Crippen LogP contribution < -0.4 is 20.1 Å². The number of hydrogen-bond acceptors (Lipinski definition) is 8. The van der Waals surface area contributed by atoms with Crippen molar-refractivity contribution in [3.05, 3.63) is 60.7 Å². The van der Waals surface area contributed by atoms with E-state index >= 15 is 0 Å². The summed E-state index contributed by atoms with van der Waals surface area (Å²) < 4.78 is 41.2. The van der Waals surface area contributed by atoms with Gasteiger partial charge in [0.05, 0.1) is 5.69 Å². The molecule has 2 heterocycles. The van der Waals surface area contributed by atoms with Crippen LogP contribution in [0.15, 0.2) is 49.1 Å². The topological polar surface area (TPSA) is 123 Å². The van der Waals surface area contributed by atoms with Crippen molar-refractivity contribution in [2.24, 2.45) is 0 Å². The van der Waals surface area contributed by atoms with Gasteiger partial charge in [-0.25, -0.2) is 8.78 Å². The van der Waals surface area contributed by atoms with Crippen LogP contribution >= 0.6 is 0 Å². The van der Waals surface area contributed by atoms with E-state index in [1.807, 2.05) is 12.1 Å². The van der Waals surface area contributed by atoms with Crippen molar-refractivity contribution >= 4 is 48.7 Å². The summed E-state index contributed by atoms with van der Waals surface area (Å²) in [7, 11) is 1.58. The first kappa shape index (κ1) is 29.7. The molecule has 4 aromatic rings. The van der Waals surface area contributed by atoms with Gasteiger partial charge < -0.3 is 5.32 Å². The summed E-state index contributed by atoms with van der Waals surface area (Å²) in [5.41, 5.74) is 0.985. The first-order chi connectivity index (χ1) is 20.4. The number of carbonyl (C=O) groups excluding carboxylic acids is 1. The molecule has 0 spiro atoms. The van der Waals surface area contributed by atoms with E-state index in [1.54, 1.807) is 13.3 Å². The molecule has 1 amide bonds. The van der Waals surface area contributed by atoms with Crippen molar-refractivity contribution in [1.29, 1.82) is 0 Å². The van der Waals surface area contributed by atoms with Gasteiger partial charge in [0.15, 0.2) is 11.6 Å². The molecule has 1 unspecified atom stereocenters. The molecule has 2 aromatic carbocycles. The Bertz CT molecular complexity index is 1530. The first-order valence-electron chi connectivity index (χ1n) is 13.8. The van der Waals surface area contributed by atoms with Crippen LogP contribution in [0, 0.1) is 11.6 Å². The van der Waals surface area contributed by atoms with Crippen LogP contribution in [0.25, 0.3) is 10.9 Å². The van der Waals surface area contributed by atoms with Gasteiger partial charge >= 0.3 is 170 Å². The van der Waals surface area contributed by atoms with Gasteiger partial charge in [-0.2, -0.15) is 5.10 Å². The number of fused-ring (bicyclic) bond motifs is 1. The second kappa shape index (κ2) is 13.9. The zero-order valence-electron chi connectivity index (χ0n) is 23.2. The second-order valence-electron chi connectivity index (χ2n) is 9.99. The number of hydrogen-bond donors (Lipinski definition) is 3. The van der Waals surface area contributed by atoms with E-state index in [4.69, 9.17) is 9.47 Å². The molecule has 1 atom stereocenters. The van der Waals surface area contributed by atoms with Crippen LogP contribution in [0.5, 0.6) is 11.5 Å². The monoisotopic (exact) mass is 642 g/mol. The summed E-state index contributed by atoms with van der Waals surface area (Å²) in [4.78, 5) is 21.1. The standard InChI is InChI=1S/C29H33AsF2N6O4/c1-41-25-13-21-24(14-26(25)42-12-4-9-30(10-11-39)19-5-2-6-19)33-18-34-29(21)36-20-15-35-38(16-20)17-27(40)37-23-8-3-7-22(31)28(23)32/h3,7-8,13-16,18-19,39H,2,4-6,9-12,17H2,1H3,(H,37,40)(H,33,34,36). The maximum absolute atomic E-state index is 13.9. The van der Waals surface area contributed by atoms with Gasteiger partial charge in [-0.1, -0.05) is 6.07 Å². The Balaban J connectivity index is 1.21. The summed E-state index contributed by atoms with van der Waals surface area (Å²) in [6.07, 6.45) is 9.48. The van der Waals surface area contributed by atoms with Crippen LogP contribution in [0.4, 0.5) is 26.0 Å². The van der Waals surface area contributed by atoms with Gasteiger partial charge in [-0.3, -0.25) is 9.48 Å². The molecule has 10 nitrogen and oxygen atoms in total. The Labute approximate surface area is 246 Å². The number of halogens is 2. The fourth-order valence-corrected chi connectivity index (χ4v) is 10.8. The van der Waals surface area contributed by atoms with Crippen LogP contribution in [0.1, 0.15) is 25.7 Å². The van der Waals surface area contributed by atoms with Crippen molar-refractivity contribution in [3.8, 4) is 11.5 Å². The molecule has 3 N–H and O–H groups in total. The minimum absolute atomic E-state index is 0.208. The van der Waals surface area contributed by atoms with Crippen molar-refractivity contribution in [2.75, 3.05) is 31.0 Å². The molecule has 0 aliphatic heterocycles. The van der Waals surface area contributed by atoms with Gasteiger partial charge in [0, 0.05) is 0 Å². The predicted molar refractivity (Wildman–Crippen MR) is 157 cm³/mol. The summed E-state index contributed by atoms with van der Waals surface area (Å²) in [6.45, 7) is 0.653. The number of carbonyl (C=O) groups is 1. The van der Waals surface area contributed by atoms with Crippen molar-refractivity contribution in [2.45, 2.75) is 47.4 Å². The molecule has 1 saturated carbocycles.